The molecule has 2 aromatic rings. The molecule has 1 aromatic heterocycles. The van der Waals surface area contributed by atoms with E-state index in [0.29, 0.717) is 5.69 Å². The van der Waals surface area contributed by atoms with Gasteiger partial charge in [0.25, 0.3) is 5.91 Å². The van der Waals surface area contributed by atoms with Crippen molar-refractivity contribution >= 4 is 22.8 Å². The topological polar surface area (TPSA) is 94.8 Å². The molecule has 76 valence electrons. The first-order chi connectivity index (χ1) is 7.16. The number of hydrogen-bond acceptors (Lipinski definition) is 2. The van der Waals surface area contributed by atoms with E-state index in [0.717, 1.165) is 10.9 Å². The molecule has 0 radical (unpaired) electrons. The Labute approximate surface area is 85.8 Å². The monoisotopic (exact) mass is 202 g/mol. The van der Waals surface area contributed by atoms with E-state index in [2.05, 4.69) is 10.3 Å². The van der Waals surface area contributed by atoms with Crippen LogP contribution in [0.2, 0.25) is 0 Å². The summed E-state index contributed by atoms with van der Waals surface area (Å²) < 4.78 is 0. The molecular formula is C10H10N4O. The molecule has 0 atom stereocenters. The van der Waals surface area contributed by atoms with Crippen molar-refractivity contribution in [1.29, 1.82) is 5.41 Å². The van der Waals surface area contributed by atoms with Crippen molar-refractivity contribution in [2.45, 2.75) is 0 Å². The lowest BCUT2D eigenvalue weighted by molar-refractivity contribution is 0.0972. The second kappa shape index (κ2) is 3.45. The van der Waals surface area contributed by atoms with Crippen LogP contribution in [0.5, 0.6) is 0 Å². The zero-order chi connectivity index (χ0) is 10.8. The number of carbonyl (C=O) groups is 1. The van der Waals surface area contributed by atoms with Crippen LogP contribution in [0.1, 0.15) is 10.5 Å². The maximum Gasteiger partial charge on any atom is 0.274 e. The van der Waals surface area contributed by atoms with Crippen LogP contribution in [0.4, 0.5) is 0 Å². The first-order valence-corrected chi connectivity index (χ1v) is 4.40. The molecule has 15 heavy (non-hydrogen) atoms. The highest BCUT2D eigenvalue weighted by Gasteiger charge is 2.08. The summed E-state index contributed by atoms with van der Waals surface area (Å²) in [6.07, 6.45) is 0. The number of aromatic nitrogens is 1. The van der Waals surface area contributed by atoms with Crippen LogP contribution in [-0.2, 0) is 0 Å². The normalized spacial score (nSPS) is 10.1. The number of nitrogens with two attached hydrogens (primary N) is 1. The van der Waals surface area contributed by atoms with Gasteiger partial charge < -0.3 is 10.7 Å². The summed E-state index contributed by atoms with van der Waals surface area (Å²) in [5.41, 5.74) is 6.34. The van der Waals surface area contributed by atoms with Gasteiger partial charge in [-0.2, -0.15) is 0 Å². The van der Waals surface area contributed by atoms with E-state index in [4.69, 9.17) is 11.1 Å². The molecule has 0 fully saturated rings. The zero-order valence-electron chi connectivity index (χ0n) is 7.87. The van der Waals surface area contributed by atoms with Crippen LogP contribution >= 0.6 is 0 Å². The van der Waals surface area contributed by atoms with Gasteiger partial charge in [-0.05, 0) is 12.1 Å². The number of guanidine groups is 1. The molecular weight excluding hydrogens is 192 g/mol. The molecule has 2 rings (SSSR count). The number of carbonyl (C=O) groups excluding carboxylic acids is 1. The quantitative estimate of drug-likeness (QED) is 0.406. The van der Waals surface area contributed by atoms with Gasteiger partial charge in [0.1, 0.15) is 5.69 Å². The molecule has 0 saturated heterocycles. The van der Waals surface area contributed by atoms with Gasteiger partial charge in [0, 0.05) is 10.9 Å². The number of aromatic amines is 1. The molecule has 1 heterocycles. The summed E-state index contributed by atoms with van der Waals surface area (Å²) in [7, 11) is 0. The fraction of sp³-hybridized carbons (Fsp3) is 0. The number of hydrogen-bond donors (Lipinski definition) is 4. The van der Waals surface area contributed by atoms with E-state index in [1.807, 2.05) is 24.3 Å². The summed E-state index contributed by atoms with van der Waals surface area (Å²) in [6, 6.07) is 9.26. The highest BCUT2D eigenvalue weighted by atomic mass is 16.2. The van der Waals surface area contributed by atoms with E-state index in [1.165, 1.54) is 0 Å². The Bertz CT molecular complexity index is 496. The number of rotatable bonds is 1. The maximum atomic E-state index is 11.5. The number of amides is 1. The Hall–Kier alpha value is -2.30. The number of nitrogens with one attached hydrogen (secondary N) is 3. The Morgan fingerprint density at radius 2 is 2.13 bits per heavy atom. The van der Waals surface area contributed by atoms with Crippen LogP contribution in [0.25, 0.3) is 10.9 Å². The lowest BCUT2D eigenvalue weighted by atomic mass is 10.2. The molecule has 1 aromatic carbocycles. The average molecular weight is 202 g/mol. The largest absolute Gasteiger partial charge is 0.370 e. The summed E-state index contributed by atoms with van der Waals surface area (Å²) in [5.74, 6) is -0.766. The van der Waals surface area contributed by atoms with Gasteiger partial charge in [0.05, 0.1) is 0 Å². The van der Waals surface area contributed by atoms with Crippen LogP contribution in [-0.4, -0.2) is 16.9 Å². The highest BCUT2D eigenvalue weighted by Crippen LogP contribution is 2.14. The molecule has 5 heteroatoms. The Balaban J connectivity index is 2.36. The predicted octanol–water partition coefficient (Wildman–Crippen LogP) is 0.791. The van der Waals surface area contributed by atoms with Crippen molar-refractivity contribution in [3.63, 3.8) is 0 Å². The van der Waals surface area contributed by atoms with Crippen LogP contribution in [0.15, 0.2) is 30.3 Å². The average Bonchev–Trinajstić information content (AvgIpc) is 2.59. The maximum absolute atomic E-state index is 11.5. The lowest BCUT2D eigenvalue weighted by Crippen LogP contribution is -2.35. The first-order valence-electron chi connectivity index (χ1n) is 4.40. The lowest BCUT2D eigenvalue weighted by Gasteiger charge is -1.98. The zero-order valence-corrected chi connectivity index (χ0v) is 7.87. The van der Waals surface area contributed by atoms with Gasteiger partial charge in [-0.15, -0.1) is 0 Å². The molecule has 0 bridgehead atoms. The van der Waals surface area contributed by atoms with Crippen molar-refractivity contribution in [1.82, 2.24) is 10.3 Å². The predicted molar refractivity (Wildman–Crippen MR) is 57.7 cm³/mol. The van der Waals surface area contributed by atoms with Gasteiger partial charge in [-0.1, -0.05) is 18.2 Å². The smallest absolute Gasteiger partial charge is 0.274 e. The van der Waals surface area contributed by atoms with Crippen molar-refractivity contribution in [2.75, 3.05) is 0 Å². The number of benzene rings is 1. The minimum atomic E-state index is -0.404. The summed E-state index contributed by atoms with van der Waals surface area (Å²) in [5, 5.41) is 10.1. The molecule has 0 aliphatic heterocycles. The van der Waals surface area contributed by atoms with Crippen LogP contribution in [0.3, 0.4) is 0 Å². The van der Waals surface area contributed by atoms with Gasteiger partial charge >= 0.3 is 0 Å². The molecule has 0 spiro atoms. The van der Waals surface area contributed by atoms with E-state index < -0.39 is 5.91 Å². The second-order valence-corrected chi connectivity index (χ2v) is 3.14. The highest BCUT2D eigenvalue weighted by molar-refractivity contribution is 6.05. The number of para-hydroxylation sites is 1. The number of fused-ring (bicyclic) bond motifs is 1. The fourth-order valence-corrected chi connectivity index (χ4v) is 1.39. The Morgan fingerprint density at radius 1 is 1.40 bits per heavy atom. The molecule has 5 N–H and O–H groups in total. The van der Waals surface area contributed by atoms with E-state index in [9.17, 15) is 4.79 Å². The van der Waals surface area contributed by atoms with Gasteiger partial charge in [0.2, 0.25) is 0 Å². The summed E-state index contributed by atoms with van der Waals surface area (Å²) >= 11 is 0. The van der Waals surface area contributed by atoms with Crippen molar-refractivity contribution < 1.29 is 4.79 Å². The molecule has 0 aliphatic rings. The third-order valence-corrected chi connectivity index (χ3v) is 2.02. The number of H-pyrrole nitrogens is 1. The molecule has 0 saturated carbocycles. The second-order valence-electron chi connectivity index (χ2n) is 3.14. The Morgan fingerprint density at radius 3 is 2.80 bits per heavy atom. The van der Waals surface area contributed by atoms with E-state index >= 15 is 0 Å². The van der Waals surface area contributed by atoms with Crippen LogP contribution in [0, 0.1) is 5.41 Å². The van der Waals surface area contributed by atoms with Crippen LogP contribution < -0.4 is 11.1 Å². The van der Waals surface area contributed by atoms with E-state index in [-0.39, 0.29) is 5.96 Å². The molecule has 5 nitrogen and oxygen atoms in total. The van der Waals surface area contributed by atoms with Gasteiger partial charge in [-0.25, -0.2) is 0 Å². The van der Waals surface area contributed by atoms with Gasteiger partial charge in [-0.3, -0.25) is 15.5 Å². The van der Waals surface area contributed by atoms with Crippen molar-refractivity contribution in [3.05, 3.63) is 36.0 Å². The molecule has 1 amide bonds. The van der Waals surface area contributed by atoms with E-state index in [1.54, 1.807) is 6.07 Å². The SMILES string of the molecule is N=C(N)NC(=O)c1cc2ccccc2[nH]1. The van der Waals surface area contributed by atoms with Crippen molar-refractivity contribution in [3.8, 4) is 0 Å². The Kier molecular flexibility index (Phi) is 2.13. The fourth-order valence-electron chi connectivity index (χ4n) is 1.39. The third-order valence-electron chi connectivity index (χ3n) is 2.02. The minimum Gasteiger partial charge on any atom is -0.370 e. The molecule has 0 unspecified atom stereocenters. The summed E-state index contributed by atoms with van der Waals surface area (Å²) in [6.45, 7) is 0. The van der Waals surface area contributed by atoms with Gasteiger partial charge in [0.15, 0.2) is 5.96 Å². The van der Waals surface area contributed by atoms with Crippen molar-refractivity contribution in [2.24, 2.45) is 5.73 Å². The third kappa shape index (κ3) is 1.80. The first kappa shape index (κ1) is 9.26. The standard InChI is InChI=1S/C10H10N4O/c11-10(12)14-9(15)8-5-6-3-1-2-4-7(6)13-8/h1-5,13H,(H4,11,12,14,15). The molecule has 0 aliphatic carbocycles. The summed E-state index contributed by atoms with van der Waals surface area (Å²) in [4.78, 5) is 14.4. The minimum absolute atomic E-state index is 0.362.